The van der Waals surface area contributed by atoms with Gasteiger partial charge in [0.2, 0.25) is 0 Å². The number of rotatable bonds is 6. The maximum Gasteiger partial charge on any atom is 0.544 e. The van der Waals surface area contributed by atoms with E-state index >= 15 is 0 Å². The zero-order chi connectivity index (χ0) is 13.6. The number of hydrogen-bond acceptors (Lipinski definition) is 5. The van der Waals surface area contributed by atoms with Crippen molar-refractivity contribution in [3.63, 3.8) is 0 Å². The molecular weight excluding hydrogens is 307 g/mol. The summed E-state index contributed by atoms with van der Waals surface area (Å²) in [5.41, 5.74) is 0. The Morgan fingerprint density at radius 3 is 1.45 bits per heavy atom. The van der Waals surface area contributed by atoms with Crippen molar-refractivity contribution in [3.8, 4) is 11.5 Å². The van der Waals surface area contributed by atoms with E-state index in [1.54, 1.807) is 60.7 Å². The molecule has 0 saturated heterocycles. The number of para-hydroxylation sites is 2. The van der Waals surface area contributed by atoms with Crippen molar-refractivity contribution in [3.05, 3.63) is 60.7 Å². The van der Waals surface area contributed by atoms with Crippen molar-refractivity contribution in [1.29, 1.82) is 0 Å². The molecular formula is C12H12ClO6P. The zero-order valence-electron chi connectivity index (χ0n) is 10.1. The summed E-state index contributed by atoms with van der Waals surface area (Å²) in [4.78, 5) is 18.6. The molecule has 2 aromatic rings. The van der Waals surface area contributed by atoms with Gasteiger partial charge in [0, 0.05) is 0 Å². The van der Waals surface area contributed by atoms with Crippen LogP contribution in [0.3, 0.4) is 0 Å². The van der Waals surface area contributed by atoms with Gasteiger partial charge in [0.15, 0.2) is 11.5 Å². The largest absolute Gasteiger partial charge is 0.544 e. The molecule has 0 unspecified atom stereocenters. The fourth-order valence-electron chi connectivity index (χ4n) is 1.14. The minimum atomic E-state index is -4.47. The van der Waals surface area contributed by atoms with Crippen LogP contribution in [0.1, 0.15) is 0 Å². The van der Waals surface area contributed by atoms with Gasteiger partial charge in [-0.3, -0.25) is 4.89 Å². The fraction of sp³-hybridized carbons (Fsp3) is 0. The summed E-state index contributed by atoms with van der Waals surface area (Å²) in [5, 5.41) is 0. The van der Waals surface area contributed by atoms with Crippen molar-refractivity contribution >= 4 is 20.2 Å². The molecule has 1 N–H and O–H groups in total. The van der Waals surface area contributed by atoms with Crippen LogP contribution in [0.4, 0.5) is 0 Å². The van der Waals surface area contributed by atoms with Gasteiger partial charge in [0.25, 0.3) is 0 Å². The number of hydrogen-bond donors (Lipinski definition) is 1. The predicted molar refractivity (Wildman–Crippen MR) is 73.4 cm³/mol. The third-order valence-corrected chi connectivity index (χ3v) is 2.47. The molecule has 2 rings (SSSR count). The Labute approximate surface area is 121 Å². The van der Waals surface area contributed by atoms with Gasteiger partial charge in [-0.05, 0) is 24.3 Å². The molecule has 108 valence electrons. The average Bonchev–Trinajstić information content (AvgIpc) is 2.46. The second-order valence-electron chi connectivity index (χ2n) is 3.41. The average molecular weight is 319 g/mol. The minimum Gasteiger partial charge on any atom is -0.327 e. The van der Waals surface area contributed by atoms with Gasteiger partial charge in [-0.1, -0.05) is 45.7 Å². The number of benzene rings is 2. The first kappa shape index (κ1) is 16.5. The first-order valence-corrected chi connectivity index (χ1v) is 6.81. The molecule has 2 aromatic carbocycles. The van der Waals surface area contributed by atoms with Crippen LogP contribution in [0.25, 0.3) is 0 Å². The van der Waals surface area contributed by atoms with E-state index in [0.717, 1.165) is 0 Å². The molecule has 0 aliphatic rings. The molecule has 20 heavy (non-hydrogen) atoms. The molecule has 6 nitrogen and oxygen atoms in total. The van der Waals surface area contributed by atoms with Crippen LogP contribution in [0.2, 0.25) is 0 Å². The highest BCUT2D eigenvalue weighted by Crippen LogP contribution is 2.43. The monoisotopic (exact) mass is 318 g/mol. The summed E-state index contributed by atoms with van der Waals surface area (Å²) in [6, 6.07) is 16.5. The van der Waals surface area contributed by atoms with E-state index in [1.807, 2.05) is 0 Å². The molecule has 0 aliphatic carbocycles. The van der Waals surface area contributed by atoms with E-state index in [1.165, 1.54) is 0 Å². The molecule has 0 atom stereocenters. The summed E-state index contributed by atoms with van der Waals surface area (Å²) >= 11 is 0. The molecule has 0 radical (unpaired) electrons. The molecule has 0 amide bonds. The van der Waals surface area contributed by atoms with Gasteiger partial charge >= 0.3 is 7.82 Å². The van der Waals surface area contributed by atoms with E-state index in [4.69, 9.17) is 0 Å². The van der Waals surface area contributed by atoms with Gasteiger partial charge in [-0.25, -0.2) is 4.57 Å². The lowest BCUT2D eigenvalue weighted by atomic mass is 10.3. The van der Waals surface area contributed by atoms with Gasteiger partial charge in [-0.2, -0.15) is 0 Å². The van der Waals surface area contributed by atoms with Crippen LogP contribution < -0.4 is 9.78 Å². The Morgan fingerprint density at radius 1 is 0.750 bits per heavy atom. The number of halogens is 1. The van der Waals surface area contributed by atoms with Gasteiger partial charge in [0.05, 0.1) is 0 Å². The molecule has 0 bridgehead atoms. The SMILES string of the molecule is Cl.O=P(O)(OOc1ccccc1)OOc1ccccc1. The third kappa shape index (κ3) is 5.61. The summed E-state index contributed by atoms with van der Waals surface area (Å²) in [5.74, 6) is 0.528. The van der Waals surface area contributed by atoms with E-state index in [9.17, 15) is 9.46 Å². The summed E-state index contributed by atoms with van der Waals surface area (Å²) in [6.45, 7) is 0. The first-order chi connectivity index (χ1) is 9.16. The highest BCUT2D eigenvalue weighted by molar-refractivity contribution is 7.47. The Kier molecular flexibility index (Phi) is 6.51. The topological polar surface area (TPSA) is 74.2 Å². The van der Waals surface area contributed by atoms with E-state index in [2.05, 4.69) is 19.1 Å². The smallest absolute Gasteiger partial charge is 0.327 e. The second-order valence-corrected chi connectivity index (χ2v) is 4.65. The quantitative estimate of drug-likeness (QED) is 0.499. The van der Waals surface area contributed by atoms with Crippen molar-refractivity contribution in [2.24, 2.45) is 0 Å². The highest BCUT2D eigenvalue weighted by Gasteiger charge is 2.26. The van der Waals surface area contributed by atoms with Crippen molar-refractivity contribution < 1.29 is 28.6 Å². The number of phosphoric acid groups is 1. The predicted octanol–water partition coefficient (Wildman–Crippen LogP) is 3.53. The lowest BCUT2D eigenvalue weighted by molar-refractivity contribution is -0.188. The van der Waals surface area contributed by atoms with Crippen LogP contribution in [0.15, 0.2) is 60.7 Å². The molecule has 0 aliphatic heterocycles. The molecule has 8 heteroatoms. The van der Waals surface area contributed by atoms with Crippen molar-refractivity contribution in [1.82, 2.24) is 0 Å². The Balaban J connectivity index is 0.00000200. The van der Waals surface area contributed by atoms with Crippen LogP contribution in [-0.2, 0) is 13.9 Å². The summed E-state index contributed by atoms with van der Waals surface area (Å²) < 4.78 is 20.0. The lowest BCUT2D eigenvalue weighted by Gasteiger charge is -2.10. The molecule has 0 aromatic heterocycles. The van der Waals surface area contributed by atoms with E-state index in [0.29, 0.717) is 0 Å². The Bertz CT molecular complexity index is 503. The lowest BCUT2D eigenvalue weighted by Crippen LogP contribution is -2.01. The second kappa shape index (κ2) is 7.89. The third-order valence-electron chi connectivity index (χ3n) is 1.94. The maximum absolute atomic E-state index is 11.4. The van der Waals surface area contributed by atoms with E-state index in [-0.39, 0.29) is 23.9 Å². The molecule has 0 saturated carbocycles. The summed E-state index contributed by atoms with van der Waals surface area (Å²) in [7, 11) is -4.47. The van der Waals surface area contributed by atoms with Gasteiger partial charge in [0.1, 0.15) is 0 Å². The summed E-state index contributed by atoms with van der Waals surface area (Å²) in [6.07, 6.45) is 0. The Hall–Kier alpha value is -1.56. The maximum atomic E-state index is 11.4. The Morgan fingerprint density at radius 2 is 1.10 bits per heavy atom. The van der Waals surface area contributed by atoms with Crippen molar-refractivity contribution in [2.75, 3.05) is 0 Å². The normalized spacial score (nSPS) is 10.4. The fourth-order valence-corrected chi connectivity index (χ4v) is 1.53. The highest BCUT2D eigenvalue weighted by atomic mass is 35.5. The van der Waals surface area contributed by atoms with Crippen LogP contribution >= 0.6 is 20.2 Å². The van der Waals surface area contributed by atoms with Gasteiger partial charge in [-0.15, -0.1) is 12.4 Å². The molecule has 0 heterocycles. The molecule has 0 spiro atoms. The zero-order valence-corrected chi connectivity index (χ0v) is 11.8. The first-order valence-electron chi connectivity index (χ1n) is 5.31. The standard InChI is InChI=1S/C12H11O6P.ClH/c13-19(14,17-15-11-7-3-1-4-8-11)18-16-12-9-5-2-6-10-12;/h1-10H,(H,13,14);1H. The minimum absolute atomic E-state index is 0. The van der Waals surface area contributed by atoms with E-state index < -0.39 is 7.82 Å². The van der Waals surface area contributed by atoms with Crippen molar-refractivity contribution in [2.45, 2.75) is 0 Å². The van der Waals surface area contributed by atoms with Crippen LogP contribution in [0, 0.1) is 0 Å². The van der Waals surface area contributed by atoms with Gasteiger partial charge < -0.3 is 9.78 Å². The van der Waals surface area contributed by atoms with Crippen LogP contribution in [-0.4, -0.2) is 4.89 Å². The molecule has 0 fully saturated rings. The van der Waals surface area contributed by atoms with Crippen LogP contribution in [0.5, 0.6) is 11.5 Å².